The van der Waals surface area contributed by atoms with E-state index in [1.165, 1.54) is 0 Å². The maximum absolute atomic E-state index is 6.32. The average Bonchev–Trinajstić information content (AvgIpc) is 2.54. The molecule has 1 heterocycles. The van der Waals surface area contributed by atoms with Crippen LogP contribution in [0.25, 0.3) is 0 Å². The lowest BCUT2D eigenvalue weighted by Gasteiger charge is -2.18. The molecule has 0 spiro atoms. The van der Waals surface area contributed by atoms with Crippen LogP contribution < -0.4 is 11.3 Å². The summed E-state index contributed by atoms with van der Waals surface area (Å²) in [6, 6.07) is 0.243. The Labute approximate surface area is 108 Å². The fourth-order valence-corrected chi connectivity index (χ4v) is 2.43. The van der Waals surface area contributed by atoms with Gasteiger partial charge in [0.25, 0.3) is 0 Å². The molecule has 0 saturated heterocycles. The molecule has 0 amide bonds. The molecule has 1 atom stereocenters. The van der Waals surface area contributed by atoms with Crippen molar-refractivity contribution in [2.75, 3.05) is 0 Å². The van der Waals surface area contributed by atoms with Gasteiger partial charge in [0, 0.05) is 19.5 Å². The number of nitrogens with zero attached hydrogens (tertiary/aromatic N) is 2. The number of aryl methyl sites for hydroxylation is 2. The van der Waals surface area contributed by atoms with Crippen molar-refractivity contribution >= 4 is 11.6 Å². The van der Waals surface area contributed by atoms with Gasteiger partial charge in [-0.25, -0.2) is 0 Å². The Balaban J connectivity index is 2.82. The van der Waals surface area contributed by atoms with E-state index in [9.17, 15) is 0 Å². The molecule has 0 aliphatic rings. The lowest BCUT2D eigenvalue weighted by Crippen LogP contribution is -2.38. The monoisotopic (exact) mass is 258 g/mol. The van der Waals surface area contributed by atoms with Gasteiger partial charge in [-0.3, -0.25) is 16.0 Å². The molecular weight excluding hydrogens is 236 g/mol. The van der Waals surface area contributed by atoms with E-state index >= 15 is 0 Å². The van der Waals surface area contributed by atoms with Crippen LogP contribution in [-0.4, -0.2) is 15.8 Å². The van der Waals surface area contributed by atoms with Crippen LogP contribution >= 0.6 is 11.6 Å². The van der Waals surface area contributed by atoms with E-state index in [1.807, 2.05) is 11.7 Å². The summed E-state index contributed by atoms with van der Waals surface area (Å²) in [5.41, 5.74) is 4.89. The van der Waals surface area contributed by atoms with E-state index in [-0.39, 0.29) is 6.04 Å². The molecule has 0 saturated carbocycles. The largest absolute Gasteiger partial charge is 0.271 e. The number of rotatable bonds is 6. The van der Waals surface area contributed by atoms with Gasteiger partial charge in [-0.15, -0.1) is 0 Å². The first-order valence-electron chi connectivity index (χ1n) is 6.15. The summed E-state index contributed by atoms with van der Waals surface area (Å²) in [6.45, 7) is 6.43. The van der Waals surface area contributed by atoms with Crippen molar-refractivity contribution in [2.24, 2.45) is 18.8 Å². The van der Waals surface area contributed by atoms with Gasteiger partial charge in [0.05, 0.1) is 16.4 Å². The minimum Gasteiger partial charge on any atom is -0.271 e. The van der Waals surface area contributed by atoms with E-state index in [0.29, 0.717) is 5.92 Å². The van der Waals surface area contributed by atoms with Gasteiger partial charge < -0.3 is 0 Å². The number of hydrogen-bond acceptors (Lipinski definition) is 3. The first-order valence-corrected chi connectivity index (χ1v) is 6.53. The van der Waals surface area contributed by atoms with Crippen molar-refractivity contribution in [1.29, 1.82) is 0 Å². The normalized spacial score (nSPS) is 13.4. The van der Waals surface area contributed by atoms with Crippen molar-refractivity contribution in [3.05, 3.63) is 16.4 Å². The Morgan fingerprint density at radius 1 is 1.47 bits per heavy atom. The van der Waals surface area contributed by atoms with Crippen LogP contribution in [0.4, 0.5) is 0 Å². The first-order chi connectivity index (χ1) is 7.99. The molecule has 3 N–H and O–H groups in total. The molecule has 0 bridgehead atoms. The van der Waals surface area contributed by atoms with Crippen LogP contribution in [0.15, 0.2) is 0 Å². The molecule has 0 aliphatic carbocycles. The fraction of sp³-hybridized carbons (Fsp3) is 0.750. The van der Waals surface area contributed by atoms with Crippen molar-refractivity contribution in [3.63, 3.8) is 0 Å². The first kappa shape index (κ1) is 14.5. The summed E-state index contributed by atoms with van der Waals surface area (Å²) >= 11 is 6.32. The third-order valence-corrected chi connectivity index (χ3v) is 3.37. The SMILES string of the molecule is CCc1nn(C)c(CC(CC(C)C)NN)c1Cl. The minimum absolute atomic E-state index is 0.243. The zero-order valence-corrected chi connectivity index (χ0v) is 11.9. The quantitative estimate of drug-likeness (QED) is 0.607. The fourth-order valence-electron chi connectivity index (χ4n) is 2.05. The summed E-state index contributed by atoms with van der Waals surface area (Å²) in [6.07, 6.45) is 2.70. The molecule has 0 aliphatic heterocycles. The topological polar surface area (TPSA) is 55.9 Å². The van der Waals surface area contributed by atoms with E-state index in [1.54, 1.807) is 0 Å². The summed E-state index contributed by atoms with van der Waals surface area (Å²) in [5, 5.41) is 5.20. The molecule has 98 valence electrons. The average molecular weight is 259 g/mol. The standard InChI is InChI=1S/C12H23ClN4/c1-5-10-12(13)11(17(4)16-10)7-9(15-14)6-8(2)3/h8-9,15H,5-7,14H2,1-4H3. The molecule has 5 heteroatoms. The van der Waals surface area contributed by atoms with Crippen LogP contribution in [0.2, 0.25) is 5.02 Å². The smallest absolute Gasteiger partial charge is 0.0850 e. The zero-order chi connectivity index (χ0) is 13.0. The predicted molar refractivity (Wildman–Crippen MR) is 71.9 cm³/mol. The second-order valence-electron chi connectivity index (χ2n) is 4.88. The van der Waals surface area contributed by atoms with Crippen LogP contribution in [0.5, 0.6) is 0 Å². The summed E-state index contributed by atoms with van der Waals surface area (Å²) in [5.74, 6) is 6.19. The maximum atomic E-state index is 6.32. The van der Waals surface area contributed by atoms with Crippen LogP contribution in [-0.2, 0) is 19.9 Å². The lowest BCUT2D eigenvalue weighted by atomic mass is 10.00. The highest BCUT2D eigenvalue weighted by Gasteiger charge is 2.17. The summed E-state index contributed by atoms with van der Waals surface area (Å²) < 4.78 is 1.87. The maximum Gasteiger partial charge on any atom is 0.0850 e. The Morgan fingerprint density at radius 2 is 2.12 bits per heavy atom. The molecule has 0 aromatic carbocycles. The van der Waals surface area contributed by atoms with Crippen molar-refractivity contribution < 1.29 is 0 Å². The molecule has 4 nitrogen and oxygen atoms in total. The number of hydrogen-bond donors (Lipinski definition) is 2. The minimum atomic E-state index is 0.243. The molecular formula is C12H23ClN4. The Bertz CT molecular complexity index is 360. The van der Waals surface area contributed by atoms with E-state index < -0.39 is 0 Å². The number of hydrazine groups is 1. The molecule has 1 aromatic rings. The highest BCUT2D eigenvalue weighted by Crippen LogP contribution is 2.23. The van der Waals surface area contributed by atoms with E-state index in [2.05, 4.69) is 31.3 Å². The van der Waals surface area contributed by atoms with Gasteiger partial charge in [0.15, 0.2) is 0 Å². The predicted octanol–water partition coefficient (Wildman–Crippen LogP) is 2.06. The third-order valence-electron chi connectivity index (χ3n) is 2.93. The number of aromatic nitrogens is 2. The van der Waals surface area contributed by atoms with Gasteiger partial charge in [-0.1, -0.05) is 32.4 Å². The molecule has 1 rings (SSSR count). The van der Waals surface area contributed by atoms with Gasteiger partial charge >= 0.3 is 0 Å². The number of halogens is 1. The second-order valence-corrected chi connectivity index (χ2v) is 5.26. The third kappa shape index (κ3) is 3.69. The molecule has 17 heavy (non-hydrogen) atoms. The molecule has 0 radical (unpaired) electrons. The van der Waals surface area contributed by atoms with Gasteiger partial charge in [0.2, 0.25) is 0 Å². The molecule has 1 aromatic heterocycles. The van der Waals surface area contributed by atoms with Gasteiger partial charge in [-0.05, 0) is 18.8 Å². The summed E-state index contributed by atoms with van der Waals surface area (Å²) in [4.78, 5) is 0. The van der Waals surface area contributed by atoms with E-state index in [4.69, 9.17) is 17.4 Å². The Morgan fingerprint density at radius 3 is 2.53 bits per heavy atom. The Kier molecular flexibility index (Phi) is 5.43. The van der Waals surface area contributed by atoms with Crippen molar-refractivity contribution in [2.45, 2.75) is 46.1 Å². The molecule has 0 fully saturated rings. The van der Waals surface area contributed by atoms with Crippen LogP contribution in [0, 0.1) is 5.92 Å². The second kappa shape index (κ2) is 6.38. The molecule has 1 unspecified atom stereocenters. The number of nitrogens with one attached hydrogen (secondary N) is 1. The summed E-state index contributed by atoms with van der Waals surface area (Å²) in [7, 11) is 1.93. The van der Waals surface area contributed by atoms with Crippen molar-refractivity contribution in [1.82, 2.24) is 15.2 Å². The van der Waals surface area contributed by atoms with Gasteiger partial charge in [0.1, 0.15) is 0 Å². The van der Waals surface area contributed by atoms with Crippen LogP contribution in [0.1, 0.15) is 38.6 Å². The number of nitrogens with two attached hydrogens (primary N) is 1. The van der Waals surface area contributed by atoms with Gasteiger partial charge in [-0.2, -0.15) is 5.10 Å². The van der Waals surface area contributed by atoms with Crippen molar-refractivity contribution in [3.8, 4) is 0 Å². The highest BCUT2D eigenvalue weighted by atomic mass is 35.5. The zero-order valence-electron chi connectivity index (χ0n) is 11.1. The highest BCUT2D eigenvalue weighted by molar-refractivity contribution is 6.31. The Hall–Kier alpha value is -0.580. The van der Waals surface area contributed by atoms with Crippen LogP contribution in [0.3, 0.4) is 0 Å². The lowest BCUT2D eigenvalue weighted by molar-refractivity contribution is 0.415. The van der Waals surface area contributed by atoms with E-state index in [0.717, 1.165) is 35.7 Å².